The Kier molecular flexibility index (Phi) is 4.93. The number of ether oxygens (including phenoxy) is 1. The van der Waals surface area contributed by atoms with Gasteiger partial charge in [0.1, 0.15) is 11.4 Å². The molecule has 29 heavy (non-hydrogen) atoms. The van der Waals surface area contributed by atoms with Gasteiger partial charge in [0.25, 0.3) is 11.8 Å². The number of halogens is 3. The summed E-state index contributed by atoms with van der Waals surface area (Å²) in [5.41, 5.74) is 0.738. The molecule has 1 saturated carbocycles. The number of nitrogens with one attached hydrogen (secondary N) is 1. The number of rotatable bonds is 6. The van der Waals surface area contributed by atoms with Gasteiger partial charge in [-0.25, -0.2) is 4.98 Å². The molecule has 0 unspecified atom stereocenters. The molecule has 4 rings (SSSR count). The van der Waals surface area contributed by atoms with Gasteiger partial charge in [-0.1, -0.05) is 12.1 Å². The van der Waals surface area contributed by atoms with Gasteiger partial charge in [0.15, 0.2) is 5.82 Å². The van der Waals surface area contributed by atoms with Crippen LogP contribution in [0.1, 0.15) is 39.5 Å². The number of nitrogens with zero attached hydrogens (tertiary/aromatic N) is 3. The molecule has 7 nitrogen and oxygen atoms in total. The van der Waals surface area contributed by atoms with E-state index in [1.54, 1.807) is 15.7 Å². The second-order valence-electron chi connectivity index (χ2n) is 7.21. The van der Waals surface area contributed by atoms with Crippen LogP contribution >= 0.6 is 0 Å². The third-order valence-electron chi connectivity index (χ3n) is 4.88. The van der Waals surface area contributed by atoms with Gasteiger partial charge in [-0.3, -0.25) is 9.59 Å². The number of carbonyl (C=O) groups is 2. The maximum absolute atomic E-state index is 12.5. The van der Waals surface area contributed by atoms with Crippen molar-refractivity contribution in [3.05, 3.63) is 47.5 Å². The Morgan fingerprint density at radius 2 is 1.93 bits per heavy atom. The highest BCUT2D eigenvalue weighted by atomic mass is 19.4. The van der Waals surface area contributed by atoms with Crippen LogP contribution in [0, 0.1) is 5.92 Å². The number of benzene rings is 1. The predicted octanol–water partition coefficient (Wildman–Crippen LogP) is 2.58. The van der Waals surface area contributed by atoms with Gasteiger partial charge in [0.05, 0.1) is 0 Å². The highest BCUT2D eigenvalue weighted by molar-refractivity contribution is 5.96. The average molecular weight is 408 g/mol. The Balaban J connectivity index is 1.35. The zero-order valence-electron chi connectivity index (χ0n) is 15.4. The molecule has 0 atom stereocenters. The maximum Gasteiger partial charge on any atom is 0.573 e. The third kappa shape index (κ3) is 4.69. The van der Waals surface area contributed by atoms with E-state index in [2.05, 4.69) is 15.0 Å². The van der Waals surface area contributed by atoms with Crippen LogP contribution in [0.4, 0.5) is 13.2 Å². The second kappa shape index (κ2) is 7.41. The van der Waals surface area contributed by atoms with E-state index in [4.69, 9.17) is 0 Å². The van der Waals surface area contributed by atoms with Crippen LogP contribution < -0.4 is 10.1 Å². The quantitative estimate of drug-likeness (QED) is 0.797. The number of amides is 2. The summed E-state index contributed by atoms with van der Waals surface area (Å²) in [5.74, 6) is -0.109. The SMILES string of the molecule is O=C(NCc1ccc(OC(F)(F)F)cc1)c1cn2c(n1)C(=O)N(CC1CC1)CC2. The molecule has 2 aliphatic rings. The minimum absolute atomic E-state index is 0.106. The molecule has 0 bridgehead atoms. The topological polar surface area (TPSA) is 76.5 Å². The summed E-state index contributed by atoms with van der Waals surface area (Å²) in [6.07, 6.45) is -0.899. The van der Waals surface area contributed by atoms with Gasteiger partial charge < -0.3 is 19.5 Å². The minimum atomic E-state index is -4.75. The van der Waals surface area contributed by atoms with E-state index >= 15 is 0 Å². The lowest BCUT2D eigenvalue weighted by atomic mass is 10.2. The fraction of sp³-hybridized carbons (Fsp3) is 0.421. The van der Waals surface area contributed by atoms with Gasteiger partial charge in [-0.15, -0.1) is 13.2 Å². The van der Waals surface area contributed by atoms with E-state index in [1.807, 2.05) is 0 Å². The van der Waals surface area contributed by atoms with Crippen LogP contribution in [0.3, 0.4) is 0 Å². The van der Waals surface area contributed by atoms with Crippen LogP contribution in [-0.2, 0) is 13.1 Å². The number of aromatic nitrogens is 2. The fourth-order valence-corrected chi connectivity index (χ4v) is 3.21. The van der Waals surface area contributed by atoms with Crippen LogP contribution in [0.15, 0.2) is 30.5 Å². The second-order valence-corrected chi connectivity index (χ2v) is 7.21. The Morgan fingerprint density at radius 3 is 2.59 bits per heavy atom. The van der Waals surface area contributed by atoms with Gasteiger partial charge >= 0.3 is 6.36 Å². The predicted molar refractivity (Wildman–Crippen MR) is 95.1 cm³/mol. The number of carbonyl (C=O) groups excluding carboxylic acids is 2. The number of hydrogen-bond donors (Lipinski definition) is 1. The average Bonchev–Trinajstić information content (AvgIpc) is 3.37. The van der Waals surface area contributed by atoms with Crippen molar-refractivity contribution in [2.45, 2.75) is 32.3 Å². The molecule has 1 aliphatic heterocycles. The smallest absolute Gasteiger partial charge is 0.406 e. The number of alkyl halides is 3. The van der Waals surface area contributed by atoms with E-state index in [1.165, 1.54) is 24.3 Å². The van der Waals surface area contributed by atoms with Gasteiger partial charge in [0, 0.05) is 32.4 Å². The van der Waals surface area contributed by atoms with Gasteiger partial charge in [-0.05, 0) is 36.5 Å². The number of hydrogen-bond acceptors (Lipinski definition) is 4. The van der Waals surface area contributed by atoms with Crippen LogP contribution in [0.2, 0.25) is 0 Å². The summed E-state index contributed by atoms with van der Waals surface area (Å²) in [4.78, 5) is 30.9. The van der Waals surface area contributed by atoms with Crippen molar-refractivity contribution in [1.82, 2.24) is 19.8 Å². The van der Waals surface area contributed by atoms with E-state index in [0.29, 0.717) is 24.6 Å². The van der Waals surface area contributed by atoms with E-state index in [0.717, 1.165) is 19.4 Å². The summed E-state index contributed by atoms with van der Waals surface area (Å²) in [6.45, 7) is 2.04. The van der Waals surface area contributed by atoms with E-state index in [9.17, 15) is 22.8 Å². The first-order chi connectivity index (χ1) is 13.8. The van der Waals surface area contributed by atoms with E-state index < -0.39 is 12.3 Å². The molecular formula is C19H19F3N4O3. The van der Waals surface area contributed by atoms with Crippen molar-refractivity contribution in [2.24, 2.45) is 5.92 Å². The standard InChI is InChI=1S/C19H19F3N4O3/c20-19(21,22)29-14-5-3-12(4-6-14)9-23-17(27)15-11-25-7-8-26(10-13-1-2-13)18(28)16(25)24-15/h3-6,11,13H,1-2,7-10H2,(H,23,27). The fourth-order valence-electron chi connectivity index (χ4n) is 3.21. The zero-order chi connectivity index (χ0) is 20.6. The van der Waals surface area contributed by atoms with Crippen molar-refractivity contribution in [1.29, 1.82) is 0 Å². The number of fused-ring (bicyclic) bond motifs is 1. The molecule has 0 saturated heterocycles. The van der Waals surface area contributed by atoms with Gasteiger partial charge in [-0.2, -0.15) is 0 Å². The van der Waals surface area contributed by atoms with Crippen LogP contribution in [0.5, 0.6) is 5.75 Å². The highest BCUT2D eigenvalue weighted by Crippen LogP contribution is 2.30. The normalized spacial score (nSPS) is 16.5. The molecule has 1 N–H and O–H groups in total. The number of imidazole rings is 1. The first-order valence-electron chi connectivity index (χ1n) is 9.28. The molecule has 1 aliphatic carbocycles. The largest absolute Gasteiger partial charge is 0.573 e. The molecule has 0 spiro atoms. The molecule has 1 aromatic carbocycles. The summed E-state index contributed by atoms with van der Waals surface area (Å²) in [6, 6.07) is 5.21. The Bertz CT molecular complexity index is 920. The lowest BCUT2D eigenvalue weighted by Gasteiger charge is -2.27. The van der Waals surface area contributed by atoms with Gasteiger partial charge in [0.2, 0.25) is 0 Å². The van der Waals surface area contributed by atoms with Crippen molar-refractivity contribution in [3.8, 4) is 5.75 Å². The summed E-state index contributed by atoms with van der Waals surface area (Å²) in [7, 11) is 0. The molecular weight excluding hydrogens is 389 g/mol. The maximum atomic E-state index is 12.5. The third-order valence-corrected chi connectivity index (χ3v) is 4.88. The van der Waals surface area contributed by atoms with Crippen molar-refractivity contribution in [2.75, 3.05) is 13.1 Å². The Labute approximate surface area is 164 Å². The van der Waals surface area contributed by atoms with Crippen molar-refractivity contribution in [3.63, 3.8) is 0 Å². The van der Waals surface area contributed by atoms with E-state index in [-0.39, 0.29) is 29.7 Å². The van der Waals surface area contributed by atoms with Crippen molar-refractivity contribution < 1.29 is 27.5 Å². The minimum Gasteiger partial charge on any atom is -0.406 e. The van der Waals surface area contributed by atoms with Crippen LogP contribution in [-0.4, -0.2) is 45.7 Å². The Morgan fingerprint density at radius 1 is 1.21 bits per heavy atom. The molecule has 0 radical (unpaired) electrons. The summed E-state index contributed by atoms with van der Waals surface area (Å²) >= 11 is 0. The van der Waals surface area contributed by atoms with Crippen LogP contribution in [0.25, 0.3) is 0 Å². The first-order valence-corrected chi connectivity index (χ1v) is 9.28. The summed E-state index contributed by atoms with van der Waals surface area (Å²) in [5, 5.41) is 2.66. The first kappa shape index (κ1) is 19.3. The molecule has 2 amide bonds. The lowest BCUT2D eigenvalue weighted by Crippen LogP contribution is -2.41. The monoisotopic (exact) mass is 408 g/mol. The molecule has 2 heterocycles. The highest BCUT2D eigenvalue weighted by Gasteiger charge is 2.33. The molecule has 10 heteroatoms. The molecule has 154 valence electrons. The zero-order valence-corrected chi connectivity index (χ0v) is 15.4. The molecule has 1 fully saturated rings. The molecule has 1 aromatic heterocycles. The molecule has 2 aromatic rings. The summed E-state index contributed by atoms with van der Waals surface area (Å²) < 4.78 is 42.0. The van der Waals surface area contributed by atoms with Crippen molar-refractivity contribution >= 4 is 11.8 Å². The lowest BCUT2D eigenvalue weighted by molar-refractivity contribution is -0.274. The Hall–Kier alpha value is -3.04.